The van der Waals surface area contributed by atoms with Gasteiger partial charge in [-0.25, -0.2) is 4.98 Å². The first-order valence-corrected chi connectivity index (χ1v) is 5.88. The Morgan fingerprint density at radius 1 is 1.47 bits per heavy atom. The van der Waals surface area contributed by atoms with Gasteiger partial charge in [0, 0.05) is 13.0 Å². The van der Waals surface area contributed by atoms with E-state index in [1.807, 2.05) is 11.7 Å². The van der Waals surface area contributed by atoms with E-state index in [9.17, 15) is 0 Å². The summed E-state index contributed by atoms with van der Waals surface area (Å²) >= 11 is 0. The molecule has 0 spiro atoms. The molecule has 2 N–H and O–H groups in total. The lowest BCUT2D eigenvalue weighted by atomic mass is 10.1. The number of aromatic nitrogens is 3. The Labute approximate surface area is 90.9 Å². The zero-order valence-electron chi connectivity index (χ0n) is 9.61. The minimum atomic E-state index is 0.0256. The Hall–Kier alpha value is -0.900. The second kappa shape index (κ2) is 4.31. The van der Waals surface area contributed by atoms with Crippen LogP contribution in [0.5, 0.6) is 0 Å². The van der Waals surface area contributed by atoms with Crippen molar-refractivity contribution in [3.8, 4) is 0 Å². The molecular weight excluding hydrogens is 188 g/mol. The Balaban J connectivity index is 2.20. The Kier molecular flexibility index (Phi) is 3.05. The van der Waals surface area contributed by atoms with Crippen LogP contribution in [0, 0.1) is 0 Å². The highest BCUT2D eigenvalue weighted by molar-refractivity contribution is 5.03. The Morgan fingerprint density at radius 2 is 2.13 bits per heavy atom. The number of nitrogens with zero attached hydrogens (tertiary/aromatic N) is 3. The van der Waals surface area contributed by atoms with Crippen LogP contribution < -0.4 is 5.73 Å². The van der Waals surface area contributed by atoms with Gasteiger partial charge in [-0.15, -0.1) is 0 Å². The molecule has 4 heteroatoms. The summed E-state index contributed by atoms with van der Waals surface area (Å²) in [6, 6.07) is 0.0256. The average molecular weight is 208 g/mol. The van der Waals surface area contributed by atoms with Crippen molar-refractivity contribution < 1.29 is 0 Å². The van der Waals surface area contributed by atoms with Crippen LogP contribution in [0.4, 0.5) is 0 Å². The third-order valence-electron chi connectivity index (χ3n) is 3.30. The maximum Gasteiger partial charge on any atom is 0.154 e. The smallest absolute Gasteiger partial charge is 0.154 e. The Bertz CT molecular complexity index is 325. The molecule has 15 heavy (non-hydrogen) atoms. The molecule has 2 rings (SSSR count). The number of hydrogen-bond acceptors (Lipinski definition) is 3. The summed E-state index contributed by atoms with van der Waals surface area (Å²) in [6.07, 6.45) is 6.03. The van der Waals surface area contributed by atoms with Gasteiger partial charge < -0.3 is 5.73 Å². The summed E-state index contributed by atoms with van der Waals surface area (Å²) in [5, 5.41) is 4.49. The fourth-order valence-corrected chi connectivity index (χ4v) is 2.28. The molecule has 84 valence electrons. The van der Waals surface area contributed by atoms with E-state index in [0.29, 0.717) is 5.92 Å². The summed E-state index contributed by atoms with van der Waals surface area (Å²) in [5.74, 6) is 2.52. The molecule has 4 nitrogen and oxygen atoms in total. The molecule has 0 aliphatic heterocycles. The molecule has 0 aromatic carbocycles. The van der Waals surface area contributed by atoms with E-state index in [-0.39, 0.29) is 6.04 Å². The van der Waals surface area contributed by atoms with Gasteiger partial charge in [0.25, 0.3) is 0 Å². The van der Waals surface area contributed by atoms with Crippen molar-refractivity contribution in [2.24, 2.45) is 12.8 Å². The first kappa shape index (κ1) is 10.6. The Morgan fingerprint density at radius 3 is 2.73 bits per heavy atom. The number of rotatable bonds is 3. The number of aryl methyl sites for hydroxylation is 1. The van der Waals surface area contributed by atoms with Gasteiger partial charge >= 0.3 is 0 Å². The second-order valence-electron chi connectivity index (χ2n) is 4.45. The summed E-state index contributed by atoms with van der Waals surface area (Å²) in [4.78, 5) is 4.59. The normalized spacial score (nSPS) is 19.7. The molecule has 1 aromatic rings. The van der Waals surface area contributed by atoms with Crippen LogP contribution in [-0.4, -0.2) is 14.8 Å². The maximum atomic E-state index is 5.98. The lowest BCUT2D eigenvalue weighted by molar-refractivity contribution is 0.588. The minimum absolute atomic E-state index is 0.0256. The van der Waals surface area contributed by atoms with Crippen LogP contribution in [-0.2, 0) is 7.05 Å². The van der Waals surface area contributed by atoms with E-state index in [1.54, 1.807) is 0 Å². The van der Waals surface area contributed by atoms with Crippen molar-refractivity contribution in [2.75, 3.05) is 0 Å². The summed E-state index contributed by atoms with van der Waals surface area (Å²) < 4.78 is 1.85. The first-order chi connectivity index (χ1) is 7.22. The van der Waals surface area contributed by atoms with Crippen molar-refractivity contribution >= 4 is 0 Å². The van der Waals surface area contributed by atoms with Gasteiger partial charge in [-0.05, 0) is 19.3 Å². The van der Waals surface area contributed by atoms with Crippen LogP contribution >= 0.6 is 0 Å². The highest BCUT2D eigenvalue weighted by Crippen LogP contribution is 2.32. The molecule has 1 atom stereocenters. The van der Waals surface area contributed by atoms with Gasteiger partial charge in [-0.2, -0.15) is 5.10 Å². The fourth-order valence-electron chi connectivity index (χ4n) is 2.28. The molecular formula is C11H20N4. The largest absolute Gasteiger partial charge is 0.321 e. The van der Waals surface area contributed by atoms with Gasteiger partial charge in [-0.3, -0.25) is 4.68 Å². The third-order valence-corrected chi connectivity index (χ3v) is 3.30. The van der Waals surface area contributed by atoms with Gasteiger partial charge in [0.2, 0.25) is 0 Å². The third kappa shape index (κ3) is 2.04. The van der Waals surface area contributed by atoms with Crippen molar-refractivity contribution in [3.63, 3.8) is 0 Å². The minimum Gasteiger partial charge on any atom is -0.321 e. The topological polar surface area (TPSA) is 56.7 Å². The SMILES string of the molecule is CCC(N)c1nc(C2CCCC2)nn1C. The number of hydrogen-bond donors (Lipinski definition) is 1. The molecule has 1 aromatic heterocycles. The monoisotopic (exact) mass is 208 g/mol. The van der Waals surface area contributed by atoms with E-state index in [4.69, 9.17) is 5.73 Å². The molecule has 1 heterocycles. The molecule has 0 bridgehead atoms. The van der Waals surface area contributed by atoms with Crippen molar-refractivity contribution in [1.82, 2.24) is 14.8 Å². The maximum absolute atomic E-state index is 5.98. The molecule has 1 aliphatic rings. The molecule has 1 fully saturated rings. The van der Waals surface area contributed by atoms with Crippen molar-refractivity contribution in [3.05, 3.63) is 11.6 Å². The lowest BCUT2D eigenvalue weighted by Gasteiger charge is -2.05. The second-order valence-corrected chi connectivity index (χ2v) is 4.45. The molecule has 1 aliphatic carbocycles. The predicted octanol–water partition coefficient (Wildman–Crippen LogP) is 1.88. The standard InChI is InChI=1S/C11H20N4/c1-3-9(12)11-13-10(14-15(11)2)8-6-4-5-7-8/h8-9H,3-7,12H2,1-2H3. The van der Waals surface area contributed by atoms with Crippen LogP contribution in [0.15, 0.2) is 0 Å². The highest BCUT2D eigenvalue weighted by atomic mass is 15.3. The highest BCUT2D eigenvalue weighted by Gasteiger charge is 2.23. The van der Waals surface area contributed by atoms with Crippen LogP contribution in [0.25, 0.3) is 0 Å². The quantitative estimate of drug-likeness (QED) is 0.825. The van der Waals surface area contributed by atoms with Gasteiger partial charge in [0.1, 0.15) is 5.82 Å². The first-order valence-electron chi connectivity index (χ1n) is 5.88. The average Bonchev–Trinajstić information content (AvgIpc) is 2.84. The fraction of sp³-hybridized carbons (Fsp3) is 0.818. The molecule has 0 amide bonds. The van der Waals surface area contributed by atoms with Gasteiger partial charge in [0.05, 0.1) is 6.04 Å². The summed E-state index contributed by atoms with van der Waals surface area (Å²) in [6.45, 7) is 2.08. The summed E-state index contributed by atoms with van der Waals surface area (Å²) in [7, 11) is 1.94. The zero-order valence-corrected chi connectivity index (χ0v) is 9.61. The van der Waals surface area contributed by atoms with Crippen molar-refractivity contribution in [2.45, 2.75) is 51.0 Å². The van der Waals surface area contributed by atoms with Gasteiger partial charge in [0.15, 0.2) is 5.82 Å². The molecule has 1 saturated carbocycles. The number of nitrogens with two attached hydrogens (primary N) is 1. The predicted molar refractivity (Wildman–Crippen MR) is 59.4 cm³/mol. The molecule has 1 unspecified atom stereocenters. The van der Waals surface area contributed by atoms with Gasteiger partial charge in [-0.1, -0.05) is 19.8 Å². The molecule has 0 radical (unpaired) electrons. The van der Waals surface area contributed by atoms with E-state index in [0.717, 1.165) is 18.1 Å². The summed E-state index contributed by atoms with van der Waals surface area (Å²) in [5.41, 5.74) is 5.98. The van der Waals surface area contributed by atoms with Crippen LogP contribution in [0.2, 0.25) is 0 Å². The van der Waals surface area contributed by atoms with Crippen LogP contribution in [0.1, 0.15) is 62.6 Å². The van der Waals surface area contributed by atoms with E-state index >= 15 is 0 Å². The molecule has 0 saturated heterocycles. The van der Waals surface area contributed by atoms with E-state index in [2.05, 4.69) is 17.0 Å². The lowest BCUT2D eigenvalue weighted by Crippen LogP contribution is -2.14. The van der Waals surface area contributed by atoms with E-state index in [1.165, 1.54) is 25.7 Å². The zero-order chi connectivity index (χ0) is 10.8. The van der Waals surface area contributed by atoms with Crippen LogP contribution in [0.3, 0.4) is 0 Å². The van der Waals surface area contributed by atoms with Crippen molar-refractivity contribution in [1.29, 1.82) is 0 Å². The van der Waals surface area contributed by atoms with E-state index < -0.39 is 0 Å².